The van der Waals surface area contributed by atoms with Crippen LogP contribution in [0, 0.1) is 6.92 Å². The van der Waals surface area contributed by atoms with Crippen LogP contribution < -0.4 is 14.9 Å². The second kappa shape index (κ2) is 8.88. The zero-order valence-corrected chi connectivity index (χ0v) is 20.2. The maximum absolute atomic E-state index is 13.5. The lowest BCUT2D eigenvalue weighted by molar-refractivity contribution is -0.139. The van der Waals surface area contributed by atoms with Crippen LogP contribution in [0.25, 0.3) is 6.08 Å². The highest BCUT2D eigenvalue weighted by Crippen LogP contribution is 2.31. The smallest absolute Gasteiger partial charge is 0.338 e. The number of aryl methyl sites for hydroxylation is 1. The van der Waals surface area contributed by atoms with E-state index in [1.165, 1.54) is 11.3 Å². The predicted octanol–water partition coefficient (Wildman–Crippen LogP) is 3.57. The Balaban J connectivity index is 1.95. The number of phenolic OH excluding ortho intramolecular Hbond substituents is 1. The SMILES string of the molecule is CCOC(=O)C1=C(C)N=c2sc(=Cc3ccc(O)c(Br)c3)c(=O)n2C1c1ccc(C)cc1. The summed E-state index contributed by atoms with van der Waals surface area (Å²) in [6.45, 7) is 5.73. The van der Waals surface area contributed by atoms with Crippen LogP contribution in [0.15, 0.2) is 68.0 Å². The highest BCUT2D eigenvalue weighted by molar-refractivity contribution is 9.10. The van der Waals surface area contributed by atoms with Gasteiger partial charge in [-0.2, -0.15) is 0 Å². The minimum absolute atomic E-state index is 0.123. The van der Waals surface area contributed by atoms with Gasteiger partial charge in [0, 0.05) is 0 Å². The number of hydrogen-bond acceptors (Lipinski definition) is 6. The summed E-state index contributed by atoms with van der Waals surface area (Å²) in [5.41, 5.74) is 3.31. The van der Waals surface area contributed by atoms with Gasteiger partial charge in [-0.05, 0) is 66.0 Å². The van der Waals surface area contributed by atoms with Crippen LogP contribution in [-0.4, -0.2) is 22.2 Å². The van der Waals surface area contributed by atoms with Gasteiger partial charge in [-0.25, -0.2) is 9.79 Å². The van der Waals surface area contributed by atoms with Gasteiger partial charge >= 0.3 is 5.97 Å². The van der Waals surface area contributed by atoms with Crippen molar-refractivity contribution in [2.24, 2.45) is 4.99 Å². The number of hydrogen-bond donors (Lipinski definition) is 1. The summed E-state index contributed by atoms with van der Waals surface area (Å²) >= 11 is 4.56. The fourth-order valence-corrected chi connectivity index (χ4v) is 5.06. The number of aromatic hydroxyl groups is 1. The molecule has 1 aliphatic heterocycles. The molecule has 32 heavy (non-hydrogen) atoms. The number of phenols is 1. The molecule has 1 aliphatic rings. The van der Waals surface area contributed by atoms with E-state index in [2.05, 4.69) is 20.9 Å². The first-order valence-corrected chi connectivity index (χ1v) is 11.7. The number of rotatable bonds is 4. The summed E-state index contributed by atoms with van der Waals surface area (Å²) in [7, 11) is 0. The fourth-order valence-electron chi connectivity index (χ4n) is 3.62. The molecule has 0 amide bonds. The lowest BCUT2D eigenvalue weighted by atomic mass is 9.95. The lowest BCUT2D eigenvalue weighted by Crippen LogP contribution is -2.39. The molecule has 1 unspecified atom stereocenters. The summed E-state index contributed by atoms with van der Waals surface area (Å²) in [6.07, 6.45) is 1.75. The van der Waals surface area contributed by atoms with Crippen LogP contribution in [0.5, 0.6) is 5.75 Å². The van der Waals surface area contributed by atoms with Crippen LogP contribution in [0.1, 0.15) is 36.6 Å². The number of thiazole rings is 1. The molecule has 4 rings (SSSR count). The second-order valence-corrected chi connectivity index (χ2v) is 9.29. The minimum Gasteiger partial charge on any atom is -0.507 e. The molecular weight excluding hydrogens is 492 g/mol. The standard InChI is InChI=1S/C24H21BrN2O4S/c1-4-31-23(30)20-14(3)26-24-27(21(20)16-8-5-13(2)6-9-16)22(29)19(32-24)12-15-7-10-18(28)17(25)11-15/h5-12,21,28H,4H2,1-3H3. The molecule has 1 N–H and O–H groups in total. The van der Waals surface area contributed by atoms with E-state index in [1.54, 1.807) is 42.7 Å². The van der Waals surface area contributed by atoms with Gasteiger partial charge in [0.1, 0.15) is 5.75 Å². The van der Waals surface area contributed by atoms with Crippen molar-refractivity contribution in [1.82, 2.24) is 4.57 Å². The highest BCUT2D eigenvalue weighted by Gasteiger charge is 2.33. The Morgan fingerprint density at radius 2 is 1.97 bits per heavy atom. The van der Waals surface area contributed by atoms with Gasteiger partial charge in [0.2, 0.25) is 0 Å². The molecule has 2 aromatic carbocycles. The fraction of sp³-hybridized carbons (Fsp3) is 0.208. The number of carbonyl (C=O) groups is 1. The minimum atomic E-state index is -0.625. The Morgan fingerprint density at radius 1 is 1.25 bits per heavy atom. The number of aromatic nitrogens is 1. The Bertz CT molecular complexity index is 1420. The van der Waals surface area contributed by atoms with Crippen molar-refractivity contribution in [2.45, 2.75) is 26.8 Å². The van der Waals surface area contributed by atoms with E-state index < -0.39 is 12.0 Å². The van der Waals surface area contributed by atoms with Crippen molar-refractivity contribution < 1.29 is 14.6 Å². The molecule has 8 heteroatoms. The van der Waals surface area contributed by atoms with Gasteiger partial charge in [0.05, 0.1) is 32.9 Å². The van der Waals surface area contributed by atoms with E-state index in [-0.39, 0.29) is 17.9 Å². The monoisotopic (exact) mass is 512 g/mol. The molecule has 0 saturated carbocycles. The largest absolute Gasteiger partial charge is 0.507 e. The third-order valence-corrected chi connectivity index (χ3v) is 6.80. The van der Waals surface area contributed by atoms with Crippen LogP contribution >= 0.6 is 27.3 Å². The predicted molar refractivity (Wildman–Crippen MR) is 127 cm³/mol. The molecule has 0 spiro atoms. The summed E-state index contributed by atoms with van der Waals surface area (Å²) in [5.74, 6) is -0.353. The van der Waals surface area contributed by atoms with Crippen molar-refractivity contribution in [1.29, 1.82) is 0 Å². The number of nitrogens with zero attached hydrogens (tertiary/aromatic N) is 2. The Hall–Kier alpha value is -2.97. The topological polar surface area (TPSA) is 80.9 Å². The average Bonchev–Trinajstić information content (AvgIpc) is 3.05. The van der Waals surface area contributed by atoms with Gasteiger partial charge < -0.3 is 9.84 Å². The number of carbonyl (C=O) groups excluding carboxylic acids is 1. The maximum Gasteiger partial charge on any atom is 0.338 e. The van der Waals surface area contributed by atoms with Gasteiger partial charge in [-0.3, -0.25) is 9.36 Å². The Morgan fingerprint density at radius 3 is 2.62 bits per heavy atom. The first kappa shape index (κ1) is 22.2. The van der Waals surface area contributed by atoms with E-state index in [0.29, 0.717) is 25.1 Å². The quantitative estimate of drug-likeness (QED) is 0.541. The Kier molecular flexibility index (Phi) is 6.17. The molecule has 3 aromatic rings. The molecule has 2 heterocycles. The molecule has 0 fully saturated rings. The van der Waals surface area contributed by atoms with Crippen LogP contribution in [0.4, 0.5) is 0 Å². The molecule has 6 nitrogen and oxygen atoms in total. The lowest BCUT2D eigenvalue weighted by Gasteiger charge is -2.24. The van der Waals surface area contributed by atoms with Crippen molar-refractivity contribution in [3.8, 4) is 5.75 Å². The molecule has 0 bridgehead atoms. The van der Waals surface area contributed by atoms with Crippen molar-refractivity contribution in [3.63, 3.8) is 0 Å². The maximum atomic E-state index is 13.5. The van der Waals surface area contributed by atoms with Crippen LogP contribution in [0.3, 0.4) is 0 Å². The molecule has 0 saturated heterocycles. The molecule has 164 valence electrons. The number of allylic oxidation sites excluding steroid dienone is 1. The van der Waals surface area contributed by atoms with Crippen LogP contribution in [0.2, 0.25) is 0 Å². The van der Waals surface area contributed by atoms with E-state index in [4.69, 9.17) is 4.74 Å². The molecule has 1 atom stereocenters. The van der Waals surface area contributed by atoms with Crippen LogP contribution in [-0.2, 0) is 9.53 Å². The normalized spacial score (nSPS) is 16.0. The summed E-state index contributed by atoms with van der Waals surface area (Å²) in [6, 6.07) is 12.2. The number of benzene rings is 2. The van der Waals surface area contributed by atoms with E-state index in [1.807, 2.05) is 31.2 Å². The van der Waals surface area contributed by atoms with Crippen molar-refractivity contribution in [2.75, 3.05) is 6.61 Å². The number of halogens is 1. The first-order valence-electron chi connectivity index (χ1n) is 10.0. The number of esters is 1. The van der Waals surface area contributed by atoms with Crippen molar-refractivity contribution >= 4 is 39.3 Å². The van der Waals surface area contributed by atoms with Gasteiger partial charge in [-0.15, -0.1) is 0 Å². The van der Waals surface area contributed by atoms with E-state index in [0.717, 1.165) is 16.7 Å². The Labute approximate surface area is 197 Å². The van der Waals surface area contributed by atoms with Gasteiger partial charge in [-0.1, -0.05) is 47.2 Å². The zero-order valence-electron chi connectivity index (χ0n) is 17.8. The van der Waals surface area contributed by atoms with Gasteiger partial charge in [0.25, 0.3) is 5.56 Å². The van der Waals surface area contributed by atoms with Gasteiger partial charge in [0.15, 0.2) is 4.80 Å². The third-order valence-electron chi connectivity index (χ3n) is 5.18. The van der Waals surface area contributed by atoms with Crippen molar-refractivity contribution in [3.05, 3.63) is 94.6 Å². The number of fused-ring (bicyclic) bond motifs is 1. The molecule has 0 radical (unpaired) electrons. The zero-order chi connectivity index (χ0) is 23.0. The summed E-state index contributed by atoms with van der Waals surface area (Å²) in [5, 5.41) is 9.74. The molecule has 0 aliphatic carbocycles. The van der Waals surface area contributed by atoms with E-state index in [9.17, 15) is 14.7 Å². The molecule has 1 aromatic heterocycles. The summed E-state index contributed by atoms with van der Waals surface area (Å²) in [4.78, 5) is 31.5. The molecular formula is C24H21BrN2O4S. The third kappa shape index (κ3) is 4.08. The number of ether oxygens (including phenoxy) is 1. The highest BCUT2D eigenvalue weighted by atomic mass is 79.9. The van der Waals surface area contributed by atoms with E-state index >= 15 is 0 Å². The first-order chi connectivity index (χ1) is 15.3. The average molecular weight is 513 g/mol. The second-order valence-electron chi connectivity index (χ2n) is 7.42. The summed E-state index contributed by atoms with van der Waals surface area (Å²) < 4.78 is 7.89.